The molecule has 0 radical (unpaired) electrons. The van der Waals surface area contributed by atoms with Gasteiger partial charge in [-0.05, 0) is 78.3 Å². The summed E-state index contributed by atoms with van der Waals surface area (Å²) in [6.45, 7) is 7.12. The average Bonchev–Trinajstić information content (AvgIpc) is 3.32. The summed E-state index contributed by atoms with van der Waals surface area (Å²) in [5, 5.41) is 17.3. The van der Waals surface area contributed by atoms with E-state index < -0.39 is 6.04 Å². The van der Waals surface area contributed by atoms with E-state index in [2.05, 4.69) is 61.4 Å². The van der Waals surface area contributed by atoms with Crippen LogP contribution < -0.4 is 11.1 Å². The van der Waals surface area contributed by atoms with Crippen molar-refractivity contribution < 1.29 is 9.90 Å². The molecule has 1 atom stereocenters. The van der Waals surface area contributed by atoms with Crippen LogP contribution in [0.25, 0.3) is 16.9 Å². The Bertz CT molecular complexity index is 1310. The standard InChI is InChI=1S/C30H35N5O2/c1-30(2,3)23-8-10-24(11-9-23)35-25(20-28(34-35)22-14-17-32-18-15-22)5-4-16-33-29(37)27(31)19-21-6-12-26(36)13-7-21/h6-15,17-18,20,27,36H,4-5,16,19,31H2,1-3H3,(H,33,37). The largest absolute Gasteiger partial charge is 0.508 e. The van der Waals surface area contributed by atoms with E-state index in [1.54, 1.807) is 36.7 Å². The van der Waals surface area contributed by atoms with Crippen LogP contribution in [0.3, 0.4) is 0 Å². The number of nitrogens with zero attached hydrogens (tertiary/aromatic N) is 3. The monoisotopic (exact) mass is 497 g/mol. The maximum Gasteiger partial charge on any atom is 0.237 e. The van der Waals surface area contributed by atoms with E-state index in [1.807, 2.05) is 16.8 Å². The summed E-state index contributed by atoms with van der Waals surface area (Å²) in [5.74, 6) is 0.00933. The minimum absolute atomic E-state index is 0.0784. The van der Waals surface area contributed by atoms with Crippen molar-refractivity contribution in [2.45, 2.75) is 51.5 Å². The molecule has 0 bridgehead atoms. The molecule has 192 valence electrons. The lowest BCUT2D eigenvalue weighted by Crippen LogP contribution is -2.42. The van der Waals surface area contributed by atoms with Crippen molar-refractivity contribution in [3.63, 3.8) is 0 Å². The number of hydrogen-bond acceptors (Lipinski definition) is 5. The molecular weight excluding hydrogens is 462 g/mol. The Labute approximate surface area is 218 Å². The second-order valence-corrected chi connectivity index (χ2v) is 10.3. The third-order valence-corrected chi connectivity index (χ3v) is 6.37. The molecule has 0 fully saturated rings. The lowest BCUT2D eigenvalue weighted by atomic mass is 9.87. The van der Waals surface area contributed by atoms with Crippen LogP contribution in [0, 0.1) is 0 Å². The number of aromatic hydroxyl groups is 1. The van der Waals surface area contributed by atoms with Gasteiger partial charge in [-0.3, -0.25) is 9.78 Å². The van der Waals surface area contributed by atoms with Crippen molar-refractivity contribution >= 4 is 5.91 Å². The topological polar surface area (TPSA) is 106 Å². The van der Waals surface area contributed by atoms with Crippen molar-refractivity contribution in [3.8, 4) is 22.7 Å². The second kappa shape index (κ2) is 11.4. The number of aryl methyl sites for hydroxylation is 1. The van der Waals surface area contributed by atoms with Gasteiger partial charge in [0.1, 0.15) is 5.75 Å². The predicted molar refractivity (Wildman–Crippen MR) is 147 cm³/mol. The predicted octanol–water partition coefficient (Wildman–Crippen LogP) is 4.56. The van der Waals surface area contributed by atoms with Crippen LogP contribution in [0.4, 0.5) is 0 Å². The number of aromatic nitrogens is 3. The maximum atomic E-state index is 12.5. The minimum Gasteiger partial charge on any atom is -0.508 e. The fraction of sp³-hybridized carbons (Fsp3) is 0.300. The van der Waals surface area contributed by atoms with Gasteiger partial charge in [0.05, 0.1) is 17.4 Å². The molecule has 4 rings (SSSR count). The van der Waals surface area contributed by atoms with E-state index in [0.29, 0.717) is 13.0 Å². The van der Waals surface area contributed by atoms with Crippen LogP contribution in [0.15, 0.2) is 79.1 Å². The molecule has 0 aliphatic carbocycles. The van der Waals surface area contributed by atoms with Crippen molar-refractivity contribution in [2.75, 3.05) is 6.54 Å². The van der Waals surface area contributed by atoms with Crippen LogP contribution in [0.5, 0.6) is 5.75 Å². The molecule has 2 aromatic heterocycles. The van der Waals surface area contributed by atoms with Crippen molar-refractivity contribution in [1.29, 1.82) is 0 Å². The molecule has 0 spiro atoms. The van der Waals surface area contributed by atoms with Gasteiger partial charge < -0.3 is 16.2 Å². The Morgan fingerprint density at radius 3 is 2.35 bits per heavy atom. The van der Waals surface area contributed by atoms with Crippen LogP contribution in [-0.4, -0.2) is 38.4 Å². The van der Waals surface area contributed by atoms with Crippen molar-refractivity contribution in [3.05, 3.63) is 95.9 Å². The van der Waals surface area contributed by atoms with Gasteiger partial charge in [-0.2, -0.15) is 5.10 Å². The number of hydrogen-bond donors (Lipinski definition) is 3. The Morgan fingerprint density at radius 1 is 1.03 bits per heavy atom. The van der Waals surface area contributed by atoms with E-state index in [0.717, 1.165) is 41.0 Å². The summed E-state index contributed by atoms with van der Waals surface area (Å²) in [7, 11) is 0. The molecule has 7 nitrogen and oxygen atoms in total. The molecule has 4 aromatic rings. The molecule has 2 aromatic carbocycles. The third kappa shape index (κ3) is 6.83. The highest BCUT2D eigenvalue weighted by Gasteiger charge is 2.16. The van der Waals surface area contributed by atoms with Crippen molar-refractivity contribution in [2.24, 2.45) is 5.73 Å². The minimum atomic E-state index is -0.644. The van der Waals surface area contributed by atoms with E-state index in [4.69, 9.17) is 10.8 Å². The Morgan fingerprint density at radius 2 is 1.70 bits per heavy atom. The van der Waals surface area contributed by atoms with E-state index in [-0.39, 0.29) is 17.1 Å². The van der Waals surface area contributed by atoms with Gasteiger partial charge >= 0.3 is 0 Å². The number of benzene rings is 2. The summed E-state index contributed by atoms with van der Waals surface area (Å²) < 4.78 is 1.99. The lowest BCUT2D eigenvalue weighted by molar-refractivity contribution is -0.122. The normalized spacial score (nSPS) is 12.3. The first-order valence-corrected chi connectivity index (χ1v) is 12.6. The molecule has 7 heteroatoms. The summed E-state index contributed by atoms with van der Waals surface area (Å²) in [4.78, 5) is 16.6. The highest BCUT2D eigenvalue weighted by atomic mass is 16.3. The Hall–Kier alpha value is -3.97. The first-order valence-electron chi connectivity index (χ1n) is 12.6. The molecule has 1 amide bonds. The van der Waals surface area contributed by atoms with E-state index in [9.17, 15) is 9.90 Å². The maximum absolute atomic E-state index is 12.5. The second-order valence-electron chi connectivity index (χ2n) is 10.3. The summed E-state index contributed by atoms with van der Waals surface area (Å²) in [6, 6.07) is 20.6. The highest BCUT2D eigenvalue weighted by molar-refractivity contribution is 5.81. The van der Waals surface area contributed by atoms with Gasteiger partial charge in [-0.15, -0.1) is 0 Å². The van der Waals surface area contributed by atoms with E-state index in [1.165, 1.54) is 5.56 Å². The number of nitrogens with one attached hydrogen (secondary N) is 1. The van der Waals surface area contributed by atoms with Crippen molar-refractivity contribution in [1.82, 2.24) is 20.1 Å². The molecule has 0 aliphatic heterocycles. The van der Waals surface area contributed by atoms with Gasteiger partial charge in [0.15, 0.2) is 0 Å². The number of carbonyl (C=O) groups excluding carboxylic acids is 1. The number of rotatable bonds is 9. The van der Waals surface area contributed by atoms with Gasteiger partial charge in [0.2, 0.25) is 5.91 Å². The quantitative estimate of drug-likeness (QED) is 0.294. The Kier molecular flexibility index (Phi) is 8.04. The van der Waals surface area contributed by atoms with Crippen LogP contribution in [-0.2, 0) is 23.1 Å². The SMILES string of the molecule is CC(C)(C)c1ccc(-n2nc(-c3ccncc3)cc2CCCNC(=O)C(N)Cc2ccc(O)cc2)cc1. The zero-order valence-electron chi connectivity index (χ0n) is 21.7. The number of carbonyl (C=O) groups is 1. The van der Waals surface area contributed by atoms with Gasteiger partial charge in [-0.25, -0.2) is 4.68 Å². The summed E-state index contributed by atoms with van der Waals surface area (Å²) in [6.07, 6.45) is 5.44. The molecule has 37 heavy (non-hydrogen) atoms. The Balaban J connectivity index is 1.42. The molecule has 0 aliphatic rings. The summed E-state index contributed by atoms with van der Waals surface area (Å²) >= 11 is 0. The van der Waals surface area contributed by atoms with Gasteiger partial charge in [-0.1, -0.05) is 45.0 Å². The first-order chi connectivity index (χ1) is 17.7. The molecule has 0 saturated carbocycles. The fourth-order valence-electron chi connectivity index (χ4n) is 4.18. The number of nitrogens with two attached hydrogens (primary N) is 1. The van der Waals surface area contributed by atoms with Gasteiger partial charge in [0, 0.05) is 30.2 Å². The fourth-order valence-corrected chi connectivity index (χ4v) is 4.18. The smallest absolute Gasteiger partial charge is 0.237 e. The number of pyridine rings is 1. The van der Waals surface area contributed by atoms with Crippen LogP contribution >= 0.6 is 0 Å². The lowest BCUT2D eigenvalue weighted by Gasteiger charge is -2.19. The number of phenols is 1. The van der Waals surface area contributed by atoms with Crippen LogP contribution in [0.1, 0.15) is 44.0 Å². The first kappa shape index (κ1) is 26.1. The third-order valence-electron chi connectivity index (χ3n) is 6.37. The van der Waals surface area contributed by atoms with E-state index >= 15 is 0 Å². The zero-order chi connectivity index (χ0) is 26.4. The average molecular weight is 498 g/mol. The molecule has 2 heterocycles. The van der Waals surface area contributed by atoms with Gasteiger partial charge in [0.25, 0.3) is 0 Å². The zero-order valence-corrected chi connectivity index (χ0v) is 21.7. The highest BCUT2D eigenvalue weighted by Crippen LogP contribution is 2.26. The molecular formula is C30H35N5O2. The molecule has 1 unspecified atom stereocenters. The molecule has 0 saturated heterocycles. The number of amides is 1. The summed E-state index contributed by atoms with van der Waals surface area (Å²) in [5.41, 5.74) is 12.3. The van der Waals surface area contributed by atoms with Crippen LogP contribution in [0.2, 0.25) is 0 Å². The number of phenolic OH excluding ortho intramolecular Hbond substituents is 1. The molecule has 4 N–H and O–H groups in total.